The minimum Gasteiger partial charge on any atom is -0.374 e. The average Bonchev–Trinajstić information content (AvgIpc) is 2.43. The molecule has 1 rings (SSSR count). The molecule has 0 fully saturated rings. The largest absolute Gasteiger partial charge is 0.374 e. The minimum atomic E-state index is -0.353. The van der Waals surface area contributed by atoms with Crippen molar-refractivity contribution in [3.05, 3.63) is 29.8 Å². The Labute approximate surface area is 120 Å². The van der Waals surface area contributed by atoms with E-state index in [1.165, 1.54) is 0 Å². The lowest BCUT2D eigenvalue weighted by atomic mass is 10.1. The zero-order chi connectivity index (χ0) is 15.1. The summed E-state index contributed by atoms with van der Waals surface area (Å²) in [6, 6.07) is 6.72. The fraction of sp³-hybridized carbons (Fsp3) is 0.467. The Balaban J connectivity index is 2.63. The molecule has 0 saturated carbocycles. The number of anilines is 1. The second-order valence-electron chi connectivity index (χ2n) is 5.16. The van der Waals surface area contributed by atoms with Gasteiger partial charge >= 0.3 is 0 Å². The summed E-state index contributed by atoms with van der Waals surface area (Å²) in [6.07, 6.45) is 0. The molecule has 5 heteroatoms. The molecule has 0 aliphatic carbocycles. The van der Waals surface area contributed by atoms with Crippen molar-refractivity contribution < 1.29 is 9.59 Å². The number of carbonyl (C=O) groups excluding carboxylic acids is 2. The van der Waals surface area contributed by atoms with Crippen molar-refractivity contribution in [1.82, 2.24) is 10.6 Å². The van der Waals surface area contributed by atoms with Gasteiger partial charge in [-0.1, -0.05) is 19.9 Å². The van der Waals surface area contributed by atoms with Crippen LogP contribution in [0.25, 0.3) is 0 Å². The van der Waals surface area contributed by atoms with Crippen LogP contribution < -0.4 is 16.0 Å². The molecule has 1 aromatic carbocycles. The monoisotopic (exact) mass is 277 g/mol. The third-order valence-electron chi connectivity index (χ3n) is 2.81. The van der Waals surface area contributed by atoms with E-state index in [9.17, 15) is 9.59 Å². The fourth-order valence-corrected chi connectivity index (χ4v) is 1.67. The van der Waals surface area contributed by atoms with Crippen molar-refractivity contribution in [2.45, 2.75) is 26.8 Å². The quantitative estimate of drug-likeness (QED) is 0.740. The normalized spacial score (nSPS) is 11.8. The lowest BCUT2D eigenvalue weighted by Crippen LogP contribution is -2.39. The van der Waals surface area contributed by atoms with Crippen LogP contribution in [0.2, 0.25) is 0 Å². The van der Waals surface area contributed by atoms with E-state index in [2.05, 4.69) is 16.0 Å². The third kappa shape index (κ3) is 4.91. The van der Waals surface area contributed by atoms with Crippen LogP contribution in [-0.4, -0.2) is 31.4 Å². The lowest BCUT2D eigenvalue weighted by Gasteiger charge is -2.16. The van der Waals surface area contributed by atoms with Gasteiger partial charge in [-0.3, -0.25) is 9.59 Å². The molecular formula is C15H23N3O2. The van der Waals surface area contributed by atoms with E-state index in [0.29, 0.717) is 18.0 Å². The maximum Gasteiger partial charge on any atom is 0.251 e. The first-order chi connectivity index (χ1) is 9.43. The molecule has 0 aliphatic heterocycles. The highest BCUT2D eigenvalue weighted by Crippen LogP contribution is 2.12. The highest BCUT2D eigenvalue weighted by Gasteiger charge is 2.13. The molecule has 0 spiro atoms. The van der Waals surface area contributed by atoms with Crippen molar-refractivity contribution in [2.24, 2.45) is 5.92 Å². The molecule has 1 aromatic rings. The van der Waals surface area contributed by atoms with E-state index in [1.807, 2.05) is 19.9 Å². The molecule has 0 heterocycles. The van der Waals surface area contributed by atoms with Gasteiger partial charge in [0.05, 0.1) is 0 Å². The maximum absolute atomic E-state index is 11.9. The standard InChI is InChI=1S/C15H23N3O2/c1-10(2)9-17-14(19)11(3)18-13-7-5-6-12(8-13)15(20)16-4/h5-8,10-11,18H,9H2,1-4H3,(H,16,20)(H,17,19)/t11-/m0/s1. The number of carbonyl (C=O) groups is 2. The number of benzene rings is 1. The highest BCUT2D eigenvalue weighted by molar-refractivity contribution is 5.95. The number of nitrogens with one attached hydrogen (secondary N) is 3. The van der Waals surface area contributed by atoms with E-state index in [-0.39, 0.29) is 17.9 Å². The Bertz CT molecular complexity index is 472. The predicted octanol–water partition coefficient (Wildman–Crippen LogP) is 1.62. The second kappa shape index (κ2) is 7.53. The Hall–Kier alpha value is -2.04. The topological polar surface area (TPSA) is 70.2 Å². The van der Waals surface area contributed by atoms with Crippen molar-refractivity contribution in [3.63, 3.8) is 0 Å². The third-order valence-corrected chi connectivity index (χ3v) is 2.81. The number of amides is 2. The van der Waals surface area contributed by atoms with Crippen LogP contribution >= 0.6 is 0 Å². The van der Waals surface area contributed by atoms with Gasteiger partial charge in [0.15, 0.2) is 0 Å². The summed E-state index contributed by atoms with van der Waals surface area (Å²) in [5.41, 5.74) is 1.31. The molecule has 20 heavy (non-hydrogen) atoms. The minimum absolute atomic E-state index is 0.0518. The number of rotatable bonds is 6. The van der Waals surface area contributed by atoms with Crippen molar-refractivity contribution in [3.8, 4) is 0 Å². The van der Waals surface area contributed by atoms with Gasteiger partial charge in [0.1, 0.15) is 6.04 Å². The molecule has 0 saturated heterocycles. The van der Waals surface area contributed by atoms with Gasteiger partial charge in [-0.2, -0.15) is 0 Å². The molecule has 3 N–H and O–H groups in total. The summed E-state index contributed by atoms with van der Waals surface area (Å²) < 4.78 is 0. The predicted molar refractivity (Wildman–Crippen MR) is 80.8 cm³/mol. The van der Waals surface area contributed by atoms with E-state index in [1.54, 1.807) is 32.2 Å². The molecular weight excluding hydrogens is 254 g/mol. The van der Waals surface area contributed by atoms with Crippen molar-refractivity contribution in [1.29, 1.82) is 0 Å². The smallest absolute Gasteiger partial charge is 0.251 e. The Morgan fingerprint density at radius 2 is 1.90 bits per heavy atom. The van der Waals surface area contributed by atoms with Crippen LogP contribution in [0.15, 0.2) is 24.3 Å². The molecule has 0 unspecified atom stereocenters. The zero-order valence-electron chi connectivity index (χ0n) is 12.5. The molecule has 5 nitrogen and oxygen atoms in total. The van der Waals surface area contributed by atoms with Gasteiger partial charge in [-0.05, 0) is 31.0 Å². The summed E-state index contributed by atoms with van der Waals surface area (Å²) in [5, 5.41) is 8.53. The Morgan fingerprint density at radius 1 is 1.20 bits per heavy atom. The van der Waals surface area contributed by atoms with Crippen molar-refractivity contribution >= 4 is 17.5 Å². The van der Waals surface area contributed by atoms with Gasteiger partial charge in [0.2, 0.25) is 5.91 Å². The first kappa shape index (κ1) is 16.0. The van der Waals surface area contributed by atoms with E-state index in [0.717, 1.165) is 5.69 Å². The van der Waals surface area contributed by atoms with Gasteiger partial charge in [-0.15, -0.1) is 0 Å². The summed E-state index contributed by atoms with van der Waals surface area (Å²) in [4.78, 5) is 23.4. The maximum atomic E-state index is 11.9. The summed E-state index contributed by atoms with van der Waals surface area (Å²) >= 11 is 0. The summed E-state index contributed by atoms with van der Waals surface area (Å²) in [5.74, 6) is 0.220. The molecule has 2 amide bonds. The van der Waals surface area contributed by atoms with E-state index in [4.69, 9.17) is 0 Å². The fourth-order valence-electron chi connectivity index (χ4n) is 1.67. The van der Waals surface area contributed by atoms with Crippen LogP contribution in [-0.2, 0) is 4.79 Å². The van der Waals surface area contributed by atoms with Gasteiger partial charge < -0.3 is 16.0 Å². The average molecular weight is 277 g/mol. The summed E-state index contributed by atoms with van der Waals surface area (Å²) in [6.45, 7) is 6.54. The molecule has 1 atom stereocenters. The van der Waals surface area contributed by atoms with E-state index < -0.39 is 0 Å². The highest BCUT2D eigenvalue weighted by atomic mass is 16.2. The summed E-state index contributed by atoms with van der Waals surface area (Å²) in [7, 11) is 1.59. The number of hydrogen-bond donors (Lipinski definition) is 3. The van der Waals surface area contributed by atoms with Gasteiger partial charge in [0, 0.05) is 24.8 Å². The van der Waals surface area contributed by atoms with Crippen molar-refractivity contribution in [2.75, 3.05) is 18.9 Å². The molecule has 0 radical (unpaired) electrons. The van der Waals surface area contributed by atoms with E-state index >= 15 is 0 Å². The SMILES string of the molecule is CNC(=O)c1cccc(N[C@@H](C)C(=O)NCC(C)C)c1. The van der Waals surface area contributed by atoms with Crippen LogP contribution in [0, 0.1) is 5.92 Å². The lowest BCUT2D eigenvalue weighted by molar-refractivity contribution is -0.121. The van der Waals surface area contributed by atoms with Gasteiger partial charge in [-0.25, -0.2) is 0 Å². The molecule has 0 aliphatic rings. The molecule has 0 aromatic heterocycles. The second-order valence-corrected chi connectivity index (χ2v) is 5.16. The first-order valence-corrected chi connectivity index (χ1v) is 6.80. The molecule has 0 bridgehead atoms. The van der Waals surface area contributed by atoms with Crippen LogP contribution in [0.5, 0.6) is 0 Å². The van der Waals surface area contributed by atoms with Crippen LogP contribution in [0.1, 0.15) is 31.1 Å². The zero-order valence-corrected chi connectivity index (χ0v) is 12.5. The van der Waals surface area contributed by atoms with Crippen LogP contribution in [0.4, 0.5) is 5.69 Å². The molecule has 110 valence electrons. The number of hydrogen-bond acceptors (Lipinski definition) is 3. The van der Waals surface area contributed by atoms with Crippen LogP contribution in [0.3, 0.4) is 0 Å². The van der Waals surface area contributed by atoms with Gasteiger partial charge in [0.25, 0.3) is 5.91 Å². The Morgan fingerprint density at radius 3 is 2.50 bits per heavy atom. The first-order valence-electron chi connectivity index (χ1n) is 6.80. The Kier molecular flexibility index (Phi) is 6.03.